The zero-order valence-electron chi connectivity index (χ0n) is 7.80. The molecule has 0 aromatic carbocycles. The summed E-state index contributed by atoms with van der Waals surface area (Å²) in [6.07, 6.45) is 5.86. The maximum atomic E-state index is 10.8. The van der Waals surface area contributed by atoms with Crippen molar-refractivity contribution in [1.29, 1.82) is 0 Å². The number of esters is 1. The van der Waals surface area contributed by atoms with Crippen LogP contribution in [0, 0.1) is 0 Å². The third kappa shape index (κ3) is 5.71. The van der Waals surface area contributed by atoms with Crippen molar-refractivity contribution in [2.75, 3.05) is 6.61 Å². The molecule has 0 fully saturated rings. The Labute approximate surface area is 73.9 Å². The first-order valence-electron chi connectivity index (χ1n) is 4.16. The number of carbonyl (C=O) groups excluding carboxylic acids is 1. The molecule has 0 aliphatic rings. The van der Waals surface area contributed by atoms with E-state index in [-0.39, 0.29) is 5.97 Å². The van der Waals surface area contributed by atoms with Crippen LogP contribution in [-0.4, -0.2) is 12.6 Å². The summed E-state index contributed by atoms with van der Waals surface area (Å²) in [6, 6.07) is 0. The van der Waals surface area contributed by atoms with Crippen molar-refractivity contribution in [2.24, 2.45) is 0 Å². The van der Waals surface area contributed by atoms with Gasteiger partial charge in [-0.3, -0.25) is 0 Å². The monoisotopic (exact) mass is 168 g/mol. The molecule has 2 heteroatoms. The summed E-state index contributed by atoms with van der Waals surface area (Å²) in [4.78, 5) is 10.8. The fourth-order valence-electron chi connectivity index (χ4n) is 0.627. The van der Waals surface area contributed by atoms with Gasteiger partial charge in [0.25, 0.3) is 0 Å². The van der Waals surface area contributed by atoms with Crippen LogP contribution in [0.4, 0.5) is 0 Å². The Balaban J connectivity index is 3.38. The molecule has 0 radical (unpaired) electrons. The second-order valence-corrected chi connectivity index (χ2v) is 2.58. The minimum Gasteiger partial charge on any atom is -0.462 e. The molecule has 0 amide bonds. The van der Waals surface area contributed by atoms with E-state index in [1.807, 2.05) is 6.08 Å². The second-order valence-electron chi connectivity index (χ2n) is 2.58. The van der Waals surface area contributed by atoms with Gasteiger partial charge in [0.05, 0.1) is 6.61 Å². The maximum absolute atomic E-state index is 10.8. The number of allylic oxidation sites excluding steroid dienone is 1. The number of carbonyl (C=O) groups is 1. The first-order chi connectivity index (χ1) is 5.68. The molecule has 0 bridgehead atoms. The van der Waals surface area contributed by atoms with Gasteiger partial charge in [-0.25, -0.2) is 4.79 Å². The predicted octanol–water partition coefficient (Wildman–Crippen LogP) is 2.46. The molecule has 0 aromatic rings. The SMILES string of the molecule is C=C(C)C(=O)OCC/C=C/CC. The van der Waals surface area contributed by atoms with Crippen molar-refractivity contribution < 1.29 is 9.53 Å². The first-order valence-corrected chi connectivity index (χ1v) is 4.16. The van der Waals surface area contributed by atoms with E-state index in [1.54, 1.807) is 6.92 Å². The van der Waals surface area contributed by atoms with Crippen LogP contribution < -0.4 is 0 Å². The molecule has 0 heterocycles. The Bertz CT molecular complexity index is 180. The van der Waals surface area contributed by atoms with Crippen LogP contribution >= 0.6 is 0 Å². The molecule has 0 atom stereocenters. The van der Waals surface area contributed by atoms with Gasteiger partial charge in [-0.15, -0.1) is 0 Å². The molecule has 12 heavy (non-hydrogen) atoms. The van der Waals surface area contributed by atoms with E-state index in [0.717, 1.165) is 12.8 Å². The van der Waals surface area contributed by atoms with E-state index < -0.39 is 0 Å². The van der Waals surface area contributed by atoms with Crippen LogP contribution in [0.3, 0.4) is 0 Å². The summed E-state index contributed by atoms with van der Waals surface area (Å²) in [5.41, 5.74) is 0.453. The van der Waals surface area contributed by atoms with E-state index >= 15 is 0 Å². The summed E-state index contributed by atoms with van der Waals surface area (Å²) in [6.45, 7) is 7.63. The summed E-state index contributed by atoms with van der Waals surface area (Å²) < 4.78 is 4.86. The minimum atomic E-state index is -0.306. The molecule has 0 N–H and O–H groups in total. The highest BCUT2D eigenvalue weighted by Crippen LogP contribution is 1.94. The summed E-state index contributed by atoms with van der Waals surface area (Å²) in [5, 5.41) is 0. The van der Waals surface area contributed by atoms with Gasteiger partial charge in [-0.05, 0) is 19.8 Å². The van der Waals surface area contributed by atoms with Gasteiger partial charge in [-0.2, -0.15) is 0 Å². The van der Waals surface area contributed by atoms with E-state index in [1.165, 1.54) is 0 Å². The Morgan fingerprint density at radius 1 is 1.50 bits per heavy atom. The van der Waals surface area contributed by atoms with Crippen LogP contribution in [0.5, 0.6) is 0 Å². The Morgan fingerprint density at radius 2 is 2.17 bits per heavy atom. The molecule has 2 nitrogen and oxygen atoms in total. The third-order valence-corrected chi connectivity index (χ3v) is 1.27. The van der Waals surface area contributed by atoms with Gasteiger partial charge in [-0.1, -0.05) is 25.7 Å². The normalized spacial score (nSPS) is 10.2. The largest absolute Gasteiger partial charge is 0.462 e. The first kappa shape index (κ1) is 11.0. The standard InChI is InChI=1S/C10H16O2/c1-4-5-6-7-8-12-10(11)9(2)3/h5-6H,2,4,7-8H2,1,3H3/b6-5+. The van der Waals surface area contributed by atoms with Gasteiger partial charge in [0, 0.05) is 5.57 Å². The molecule has 0 aromatic heterocycles. The number of ether oxygens (including phenoxy) is 1. The molecular formula is C10H16O2. The van der Waals surface area contributed by atoms with Gasteiger partial charge in [0.15, 0.2) is 0 Å². The lowest BCUT2D eigenvalue weighted by atomic mass is 10.3. The van der Waals surface area contributed by atoms with Crippen molar-refractivity contribution in [1.82, 2.24) is 0 Å². The van der Waals surface area contributed by atoms with Gasteiger partial charge in [0.2, 0.25) is 0 Å². The molecule has 0 rings (SSSR count). The Kier molecular flexibility index (Phi) is 6.07. The van der Waals surface area contributed by atoms with Crippen molar-refractivity contribution >= 4 is 5.97 Å². The lowest BCUT2D eigenvalue weighted by Crippen LogP contribution is -2.05. The molecular weight excluding hydrogens is 152 g/mol. The fourth-order valence-corrected chi connectivity index (χ4v) is 0.627. The second kappa shape index (κ2) is 6.65. The van der Waals surface area contributed by atoms with E-state index in [2.05, 4.69) is 19.6 Å². The Morgan fingerprint density at radius 3 is 2.67 bits per heavy atom. The average Bonchev–Trinajstić information content (AvgIpc) is 2.03. The topological polar surface area (TPSA) is 26.3 Å². The minimum absolute atomic E-state index is 0.306. The molecule has 0 spiro atoms. The molecule has 0 saturated heterocycles. The summed E-state index contributed by atoms with van der Waals surface area (Å²) in [5.74, 6) is -0.306. The van der Waals surface area contributed by atoms with Gasteiger partial charge >= 0.3 is 5.97 Å². The van der Waals surface area contributed by atoms with Crippen LogP contribution in [0.15, 0.2) is 24.3 Å². The highest BCUT2D eigenvalue weighted by atomic mass is 16.5. The quantitative estimate of drug-likeness (QED) is 0.273. The van der Waals surface area contributed by atoms with Crippen molar-refractivity contribution in [3.63, 3.8) is 0 Å². The summed E-state index contributed by atoms with van der Waals surface area (Å²) in [7, 11) is 0. The Hall–Kier alpha value is -1.05. The lowest BCUT2D eigenvalue weighted by Gasteiger charge is -2.00. The van der Waals surface area contributed by atoms with Crippen LogP contribution in [0.2, 0.25) is 0 Å². The third-order valence-electron chi connectivity index (χ3n) is 1.27. The van der Waals surface area contributed by atoms with Crippen LogP contribution in [0.1, 0.15) is 26.7 Å². The number of hydrogen-bond acceptors (Lipinski definition) is 2. The maximum Gasteiger partial charge on any atom is 0.333 e. The van der Waals surface area contributed by atoms with Crippen molar-refractivity contribution in [3.05, 3.63) is 24.3 Å². The van der Waals surface area contributed by atoms with E-state index in [4.69, 9.17) is 4.74 Å². The highest BCUT2D eigenvalue weighted by Gasteiger charge is 2.00. The van der Waals surface area contributed by atoms with Crippen molar-refractivity contribution in [3.8, 4) is 0 Å². The van der Waals surface area contributed by atoms with Crippen LogP contribution in [0.25, 0.3) is 0 Å². The smallest absolute Gasteiger partial charge is 0.333 e. The van der Waals surface area contributed by atoms with Crippen molar-refractivity contribution in [2.45, 2.75) is 26.7 Å². The average molecular weight is 168 g/mol. The van der Waals surface area contributed by atoms with Crippen LogP contribution in [-0.2, 0) is 9.53 Å². The van der Waals surface area contributed by atoms with E-state index in [9.17, 15) is 4.79 Å². The molecule has 0 saturated carbocycles. The highest BCUT2D eigenvalue weighted by molar-refractivity contribution is 5.86. The number of rotatable bonds is 5. The zero-order chi connectivity index (χ0) is 9.40. The van der Waals surface area contributed by atoms with Gasteiger partial charge < -0.3 is 4.74 Å². The predicted molar refractivity (Wildman–Crippen MR) is 49.8 cm³/mol. The van der Waals surface area contributed by atoms with E-state index in [0.29, 0.717) is 12.2 Å². The lowest BCUT2D eigenvalue weighted by molar-refractivity contribution is -0.138. The number of hydrogen-bond donors (Lipinski definition) is 0. The fraction of sp³-hybridized carbons (Fsp3) is 0.500. The molecule has 0 unspecified atom stereocenters. The molecule has 68 valence electrons. The van der Waals surface area contributed by atoms with Gasteiger partial charge in [0.1, 0.15) is 0 Å². The summed E-state index contributed by atoms with van der Waals surface area (Å²) >= 11 is 0. The molecule has 0 aliphatic carbocycles. The molecule has 0 aliphatic heterocycles. The zero-order valence-corrected chi connectivity index (χ0v) is 7.80.